The third-order valence-corrected chi connectivity index (χ3v) is 4.70. The summed E-state index contributed by atoms with van der Waals surface area (Å²) in [5.74, 6) is -0.696. The van der Waals surface area contributed by atoms with Crippen LogP contribution in [0.1, 0.15) is 42.6 Å². The molecule has 0 atom stereocenters. The molecule has 1 saturated carbocycles. The lowest BCUT2D eigenvalue weighted by Crippen LogP contribution is -2.32. The van der Waals surface area contributed by atoms with Crippen molar-refractivity contribution >= 4 is 5.97 Å². The fourth-order valence-corrected chi connectivity index (χ4v) is 3.55. The normalized spacial score (nSPS) is 17.0. The van der Waals surface area contributed by atoms with Crippen molar-refractivity contribution in [1.29, 1.82) is 0 Å². The molecule has 0 spiro atoms. The zero-order chi connectivity index (χ0) is 15.0. The number of aliphatic carboxylic acids is 1. The van der Waals surface area contributed by atoms with Crippen LogP contribution >= 0.6 is 0 Å². The lowest BCUT2D eigenvalue weighted by molar-refractivity contribution is -0.143. The molecule has 21 heavy (non-hydrogen) atoms. The van der Waals surface area contributed by atoms with Gasteiger partial charge in [0, 0.05) is 11.3 Å². The number of aryl methyl sites for hydroxylation is 2. The molecule has 1 heterocycles. The van der Waals surface area contributed by atoms with Crippen LogP contribution in [0, 0.1) is 13.8 Å². The number of nitrogens with zero attached hydrogens (tertiary/aromatic N) is 1. The lowest BCUT2D eigenvalue weighted by atomic mass is 9.78. The van der Waals surface area contributed by atoms with Crippen LogP contribution in [0.5, 0.6) is 0 Å². The molecule has 1 aromatic heterocycles. The zero-order valence-electron chi connectivity index (χ0n) is 12.4. The minimum Gasteiger partial charge on any atom is -0.481 e. The van der Waals surface area contributed by atoms with E-state index in [0.717, 1.165) is 53.8 Å². The molecule has 0 saturated heterocycles. The molecule has 4 nitrogen and oxygen atoms in total. The van der Waals surface area contributed by atoms with Gasteiger partial charge >= 0.3 is 5.97 Å². The number of nitrogens with one attached hydrogen (secondary N) is 1. The van der Waals surface area contributed by atoms with E-state index in [1.54, 1.807) is 0 Å². The van der Waals surface area contributed by atoms with E-state index in [4.69, 9.17) is 0 Å². The molecule has 4 heteroatoms. The monoisotopic (exact) mass is 284 g/mol. The number of hydrogen-bond acceptors (Lipinski definition) is 2. The van der Waals surface area contributed by atoms with Gasteiger partial charge in [-0.15, -0.1) is 0 Å². The summed E-state index contributed by atoms with van der Waals surface area (Å²) in [7, 11) is 0. The Morgan fingerprint density at radius 2 is 2.00 bits per heavy atom. The van der Waals surface area contributed by atoms with Gasteiger partial charge < -0.3 is 5.11 Å². The first-order valence-electron chi connectivity index (χ1n) is 7.40. The van der Waals surface area contributed by atoms with Gasteiger partial charge in [-0.2, -0.15) is 5.10 Å². The van der Waals surface area contributed by atoms with Gasteiger partial charge in [0.1, 0.15) is 0 Å². The second kappa shape index (κ2) is 5.02. The highest BCUT2D eigenvalue weighted by Crippen LogP contribution is 2.42. The average Bonchev–Trinajstić information content (AvgIpc) is 3.07. The number of H-pyrrole nitrogens is 1. The van der Waals surface area contributed by atoms with E-state index in [1.807, 2.05) is 38.1 Å². The second-order valence-corrected chi connectivity index (χ2v) is 5.98. The summed E-state index contributed by atoms with van der Waals surface area (Å²) >= 11 is 0. The summed E-state index contributed by atoms with van der Waals surface area (Å²) in [5, 5.41) is 17.0. The minimum absolute atomic E-state index is 0.696. The van der Waals surface area contributed by atoms with Gasteiger partial charge in [0.2, 0.25) is 0 Å². The number of hydrogen-bond donors (Lipinski definition) is 2. The summed E-state index contributed by atoms with van der Waals surface area (Å²) in [6.07, 6.45) is 3.44. The number of carbonyl (C=O) groups is 1. The molecular formula is C17H20N2O2. The topological polar surface area (TPSA) is 66.0 Å². The third kappa shape index (κ3) is 2.15. The van der Waals surface area contributed by atoms with E-state index in [0.29, 0.717) is 0 Å². The molecule has 0 bridgehead atoms. The van der Waals surface area contributed by atoms with Crippen LogP contribution in [0.15, 0.2) is 24.3 Å². The molecule has 1 fully saturated rings. The Morgan fingerprint density at radius 3 is 2.57 bits per heavy atom. The molecule has 1 aromatic carbocycles. The minimum atomic E-state index is -0.707. The lowest BCUT2D eigenvalue weighted by Gasteiger charge is -2.25. The van der Waals surface area contributed by atoms with Gasteiger partial charge in [-0.25, -0.2) is 0 Å². The smallest absolute Gasteiger partial charge is 0.314 e. The van der Waals surface area contributed by atoms with Gasteiger partial charge in [0.25, 0.3) is 0 Å². The fourth-order valence-electron chi connectivity index (χ4n) is 3.55. The predicted octanol–water partition coefficient (Wildman–Crippen LogP) is 3.59. The molecular weight excluding hydrogens is 264 g/mol. The van der Waals surface area contributed by atoms with Gasteiger partial charge in [-0.05, 0) is 43.9 Å². The van der Waals surface area contributed by atoms with Crippen LogP contribution in [-0.4, -0.2) is 21.3 Å². The van der Waals surface area contributed by atoms with Crippen LogP contribution in [0.4, 0.5) is 0 Å². The first kappa shape index (κ1) is 13.9. The maximum absolute atomic E-state index is 11.8. The van der Waals surface area contributed by atoms with Crippen LogP contribution < -0.4 is 0 Å². The van der Waals surface area contributed by atoms with Crippen LogP contribution in [0.3, 0.4) is 0 Å². The van der Waals surface area contributed by atoms with Crippen molar-refractivity contribution in [3.63, 3.8) is 0 Å². The summed E-state index contributed by atoms with van der Waals surface area (Å²) in [6.45, 7) is 3.96. The average molecular weight is 284 g/mol. The van der Waals surface area contributed by atoms with E-state index >= 15 is 0 Å². The van der Waals surface area contributed by atoms with Crippen LogP contribution in [0.2, 0.25) is 0 Å². The highest BCUT2D eigenvalue weighted by molar-refractivity contribution is 5.83. The SMILES string of the molecule is Cc1n[nH]c(C)c1-c1cccc(C2(C(=O)O)CCCC2)c1. The molecule has 110 valence electrons. The quantitative estimate of drug-likeness (QED) is 0.905. The van der Waals surface area contributed by atoms with Crippen molar-refractivity contribution in [1.82, 2.24) is 10.2 Å². The first-order valence-corrected chi connectivity index (χ1v) is 7.40. The Morgan fingerprint density at radius 1 is 1.29 bits per heavy atom. The van der Waals surface area contributed by atoms with Crippen molar-refractivity contribution in [3.05, 3.63) is 41.2 Å². The van der Waals surface area contributed by atoms with Crippen molar-refractivity contribution in [2.24, 2.45) is 0 Å². The van der Waals surface area contributed by atoms with E-state index in [-0.39, 0.29) is 0 Å². The fraction of sp³-hybridized carbons (Fsp3) is 0.412. The number of carboxylic acids is 1. The Bertz CT molecular complexity index is 662. The Labute approximate surface area is 124 Å². The van der Waals surface area contributed by atoms with Crippen molar-refractivity contribution in [2.75, 3.05) is 0 Å². The number of carboxylic acid groups (broad SMARTS) is 1. The Kier molecular flexibility index (Phi) is 3.32. The summed E-state index contributed by atoms with van der Waals surface area (Å²) in [6, 6.07) is 7.97. The molecule has 0 amide bonds. The highest BCUT2D eigenvalue weighted by Gasteiger charge is 2.42. The second-order valence-electron chi connectivity index (χ2n) is 5.98. The molecule has 1 aliphatic rings. The number of benzene rings is 1. The summed E-state index contributed by atoms with van der Waals surface area (Å²) < 4.78 is 0. The molecule has 0 unspecified atom stereocenters. The number of aromatic nitrogens is 2. The molecule has 1 aliphatic carbocycles. The van der Waals surface area contributed by atoms with E-state index in [2.05, 4.69) is 10.2 Å². The zero-order valence-corrected chi connectivity index (χ0v) is 12.4. The molecule has 2 N–H and O–H groups in total. The van der Waals surface area contributed by atoms with Gasteiger partial charge in [0.05, 0.1) is 11.1 Å². The first-order chi connectivity index (χ1) is 10.0. The Balaban J connectivity index is 2.11. The van der Waals surface area contributed by atoms with Gasteiger partial charge in [-0.1, -0.05) is 31.0 Å². The standard InChI is InChI=1S/C17H20N2O2/c1-11-15(12(2)19-18-11)13-6-5-7-14(10-13)17(16(20)21)8-3-4-9-17/h5-7,10H,3-4,8-9H2,1-2H3,(H,18,19)(H,20,21). The van der Waals surface area contributed by atoms with E-state index in [9.17, 15) is 9.90 Å². The van der Waals surface area contributed by atoms with Crippen molar-refractivity contribution in [3.8, 4) is 11.1 Å². The predicted molar refractivity (Wildman–Crippen MR) is 81.3 cm³/mol. The van der Waals surface area contributed by atoms with Crippen molar-refractivity contribution < 1.29 is 9.90 Å². The summed E-state index contributed by atoms with van der Waals surface area (Å²) in [4.78, 5) is 11.8. The third-order valence-electron chi connectivity index (χ3n) is 4.70. The van der Waals surface area contributed by atoms with Gasteiger partial charge in [-0.3, -0.25) is 9.89 Å². The molecule has 0 aliphatic heterocycles. The van der Waals surface area contributed by atoms with E-state index < -0.39 is 11.4 Å². The molecule has 3 rings (SSSR count). The van der Waals surface area contributed by atoms with Crippen LogP contribution in [0.25, 0.3) is 11.1 Å². The summed E-state index contributed by atoms with van der Waals surface area (Å²) in [5.41, 5.74) is 4.30. The van der Waals surface area contributed by atoms with Gasteiger partial charge in [0.15, 0.2) is 0 Å². The van der Waals surface area contributed by atoms with Crippen molar-refractivity contribution in [2.45, 2.75) is 44.9 Å². The molecule has 2 aromatic rings. The van der Waals surface area contributed by atoms with Crippen LogP contribution in [-0.2, 0) is 10.2 Å². The Hall–Kier alpha value is -2.10. The highest BCUT2D eigenvalue weighted by atomic mass is 16.4. The maximum atomic E-state index is 11.8. The molecule has 0 radical (unpaired) electrons. The maximum Gasteiger partial charge on any atom is 0.314 e. The van der Waals surface area contributed by atoms with E-state index in [1.165, 1.54) is 0 Å². The number of aromatic amines is 1. The number of rotatable bonds is 3. The largest absolute Gasteiger partial charge is 0.481 e.